The number of ether oxygens (including phenoxy) is 2. The molecule has 3 nitrogen and oxygen atoms in total. The summed E-state index contributed by atoms with van der Waals surface area (Å²) in [5.41, 5.74) is 0.728. The van der Waals surface area contributed by atoms with Crippen LogP contribution in [-0.4, -0.2) is 26.1 Å². The molecule has 0 radical (unpaired) electrons. The van der Waals surface area contributed by atoms with Crippen molar-refractivity contribution in [1.29, 1.82) is 0 Å². The molecule has 0 saturated carbocycles. The predicted molar refractivity (Wildman–Crippen MR) is 54.7 cm³/mol. The van der Waals surface area contributed by atoms with Gasteiger partial charge >= 0.3 is 6.36 Å². The van der Waals surface area contributed by atoms with Crippen LogP contribution in [0.15, 0.2) is 24.3 Å². The van der Waals surface area contributed by atoms with Gasteiger partial charge in [0, 0.05) is 6.54 Å². The lowest BCUT2D eigenvalue weighted by Gasteiger charge is -2.24. The molecule has 1 atom stereocenters. The minimum absolute atomic E-state index is 0.0828. The van der Waals surface area contributed by atoms with Gasteiger partial charge in [0.1, 0.15) is 5.75 Å². The molecule has 0 amide bonds. The van der Waals surface area contributed by atoms with Crippen LogP contribution in [0.3, 0.4) is 0 Å². The number of alkyl halides is 3. The monoisotopic (exact) mass is 247 g/mol. The Morgan fingerprint density at radius 1 is 1.35 bits per heavy atom. The van der Waals surface area contributed by atoms with E-state index < -0.39 is 6.36 Å². The van der Waals surface area contributed by atoms with Crippen molar-refractivity contribution in [3.05, 3.63) is 29.8 Å². The van der Waals surface area contributed by atoms with Crippen molar-refractivity contribution >= 4 is 0 Å². The van der Waals surface area contributed by atoms with E-state index in [1.807, 2.05) is 0 Å². The van der Waals surface area contributed by atoms with Crippen molar-refractivity contribution in [2.45, 2.75) is 12.4 Å². The van der Waals surface area contributed by atoms with E-state index in [1.165, 1.54) is 18.2 Å². The second kappa shape index (κ2) is 4.93. The van der Waals surface area contributed by atoms with Crippen molar-refractivity contribution < 1.29 is 22.6 Å². The van der Waals surface area contributed by atoms with Gasteiger partial charge in [0.2, 0.25) is 0 Å². The molecule has 1 saturated heterocycles. The third kappa shape index (κ3) is 3.61. The van der Waals surface area contributed by atoms with E-state index in [4.69, 9.17) is 4.74 Å². The van der Waals surface area contributed by atoms with Crippen LogP contribution in [0, 0.1) is 0 Å². The average Bonchev–Trinajstić information content (AvgIpc) is 2.28. The average molecular weight is 247 g/mol. The van der Waals surface area contributed by atoms with E-state index in [0.717, 1.165) is 5.56 Å². The quantitative estimate of drug-likeness (QED) is 0.869. The predicted octanol–water partition coefficient (Wildman–Crippen LogP) is 2.25. The van der Waals surface area contributed by atoms with Crippen LogP contribution in [0.2, 0.25) is 0 Å². The van der Waals surface area contributed by atoms with Crippen molar-refractivity contribution in [2.75, 3.05) is 19.8 Å². The minimum atomic E-state index is -4.66. The molecule has 1 N–H and O–H groups in total. The van der Waals surface area contributed by atoms with Gasteiger partial charge in [0.05, 0.1) is 19.3 Å². The van der Waals surface area contributed by atoms with Crippen LogP contribution in [0.4, 0.5) is 13.2 Å². The molecular weight excluding hydrogens is 235 g/mol. The summed E-state index contributed by atoms with van der Waals surface area (Å²) in [6.07, 6.45) is -4.66. The molecule has 6 heteroatoms. The molecular formula is C11H12F3NO2. The third-order valence-corrected chi connectivity index (χ3v) is 2.42. The summed E-state index contributed by atoms with van der Waals surface area (Å²) in [6, 6.07) is 5.85. The van der Waals surface area contributed by atoms with Crippen LogP contribution in [0.1, 0.15) is 11.6 Å². The minimum Gasteiger partial charge on any atom is -0.406 e. The first-order valence-electron chi connectivity index (χ1n) is 5.21. The SMILES string of the molecule is FC(F)(F)Oc1cccc(C2COCCN2)c1. The number of hydrogen-bond donors (Lipinski definition) is 1. The molecule has 2 rings (SSSR count). The van der Waals surface area contributed by atoms with Crippen LogP contribution in [-0.2, 0) is 4.74 Å². The Kier molecular flexibility index (Phi) is 3.54. The molecule has 0 bridgehead atoms. The Labute approximate surface area is 96.5 Å². The zero-order valence-corrected chi connectivity index (χ0v) is 8.96. The molecule has 94 valence electrons. The lowest BCUT2D eigenvalue weighted by molar-refractivity contribution is -0.274. The molecule has 1 aliphatic rings. The second-order valence-corrected chi connectivity index (χ2v) is 3.70. The molecule has 1 fully saturated rings. The topological polar surface area (TPSA) is 30.5 Å². The zero-order chi connectivity index (χ0) is 12.3. The van der Waals surface area contributed by atoms with Crippen LogP contribution < -0.4 is 10.1 Å². The second-order valence-electron chi connectivity index (χ2n) is 3.70. The molecule has 1 heterocycles. The molecule has 1 aromatic carbocycles. The summed E-state index contributed by atoms with van der Waals surface area (Å²) in [4.78, 5) is 0. The maximum Gasteiger partial charge on any atom is 0.573 e. The van der Waals surface area contributed by atoms with Gasteiger partial charge < -0.3 is 14.8 Å². The van der Waals surface area contributed by atoms with Gasteiger partial charge in [0.25, 0.3) is 0 Å². The van der Waals surface area contributed by atoms with E-state index in [0.29, 0.717) is 19.8 Å². The van der Waals surface area contributed by atoms with Crippen LogP contribution >= 0.6 is 0 Å². The summed E-state index contributed by atoms with van der Waals surface area (Å²) in [5.74, 6) is -0.206. The summed E-state index contributed by atoms with van der Waals surface area (Å²) in [6.45, 7) is 1.76. The van der Waals surface area contributed by atoms with Gasteiger partial charge in [-0.05, 0) is 17.7 Å². The van der Waals surface area contributed by atoms with Gasteiger partial charge in [-0.15, -0.1) is 13.2 Å². The first-order valence-corrected chi connectivity index (χ1v) is 5.21. The van der Waals surface area contributed by atoms with E-state index in [9.17, 15) is 13.2 Å². The largest absolute Gasteiger partial charge is 0.573 e. The molecule has 1 unspecified atom stereocenters. The van der Waals surface area contributed by atoms with Crippen LogP contribution in [0.5, 0.6) is 5.75 Å². The number of nitrogens with one attached hydrogen (secondary N) is 1. The maximum atomic E-state index is 12.1. The van der Waals surface area contributed by atoms with Gasteiger partial charge in [-0.3, -0.25) is 0 Å². The highest BCUT2D eigenvalue weighted by atomic mass is 19.4. The highest BCUT2D eigenvalue weighted by Gasteiger charge is 2.31. The highest BCUT2D eigenvalue weighted by Crippen LogP contribution is 2.26. The Balaban J connectivity index is 2.10. The normalized spacial score (nSPS) is 21.2. The molecule has 0 spiro atoms. The number of rotatable bonds is 2. The Bertz CT molecular complexity index is 375. The van der Waals surface area contributed by atoms with Crippen LogP contribution in [0.25, 0.3) is 0 Å². The summed E-state index contributed by atoms with van der Waals surface area (Å²) >= 11 is 0. The Morgan fingerprint density at radius 3 is 2.82 bits per heavy atom. The number of benzene rings is 1. The van der Waals surface area contributed by atoms with Crippen molar-refractivity contribution in [2.24, 2.45) is 0 Å². The van der Waals surface area contributed by atoms with Gasteiger partial charge in [-0.1, -0.05) is 12.1 Å². The Morgan fingerprint density at radius 2 is 2.18 bits per heavy atom. The number of morpholine rings is 1. The maximum absolute atomic E-state index is 12.1. The first kappa shape index (κ1) is 12.2. The molecule has 0 aliphatic carbocycles. The molecule has 1 aromatic rings. The van der Waals surface area contributed by atoms with E-state index in [2.05, 4.69) is 10.1 Å². The third-order valence-electron chi connectivity index (χ3n) is 2.42. The van der Waals surface area contributed by atoms with E-state index in [-0.39, 0.29) is 11.8 Å². The standard InChI is InChI=1S/C11H12F3NO2/c12-11(13,14)17-9-3-1-2-8(6-9)10-7-16-5-4-15-10/h1-3,6,10,15H,4-5,7H2. The van der Waals surface area contributed by atoms with Crippen molar-refractivity contribution in [3.63, 3.8) is 0 Å². The van der Waals surface area contributed by atoms with E-state index in [1.54, 1.807) is 6.07 Å². The summed E-state index contributed by atoms with van der Waals surface area (Å²) in [7, 11) is 0. The summed E-state index contributed by atoms with van der Waals surface area (Å²) in [5, 5.41) is 3.16. The van der Waals surface area contributed by atoms with Gasteiger partial charge in [-0.25, -0.2) is 0 Å². The van der Waals surface area contributed by atoms with E-state index >= 15 is 0 Å². The highest BCUT2D eigenvalue weighted by molar-refractivity contribution is 5.31. The smallest absolute Gasteiger partial charge is 0.406 e. The van der Waals surface area contributed by atoms with Crippen molar-refractivity contribution in [3.8, 4) is 5.75 Å². The summed E-state index contributed by atoms with van der Waals surface area (Å²) < 4.78 is 45.3. The Hall–Kier alpha value is -1.27. The molecule has 17 heavy (non-hydrogen) atoms. The number of halogens is 3. The zero-order valence-electron chi connectivity index (χ0n) is 8.96. The lowest BCUT2D eigenvalue weighted by atomic mass is 10.1. The molecule has 0 aromatic heterocycles. The van der Waals surface area contributed by atoms with Gasteiger partial charge in [-0.2, -0.15) is 0 Å². The van der Waals surface area contributed by atoms with Crippen molar-refractivity contribution in [1.82, 2.24) is 5.32 Å². The number of hydrogen-bond acceptors (Lipinski definition) is 3. The fraction of sp³-hybridized carbons (Fsp3) is 0.455. The lowest BCUT2D eigenvalue weighted by Crippen LogP contribution is -2.34. The fourth-order valence-electron chi connectivity index (χ4n) is 1.71. The first-order chi connectivity index (χ1) is 8.04. The van der Waals surface area contributed by atoms with Gasteiger partial charge in [0.15, 0.2) is 0 Å². The molecule has 1 aliphatic heterocycles. The fourth-order valence-corrected chi connectivity index (χ4v) is 1.71.